The molecule has 3 aromatic rings. The standard InChI is InChI=1S/C16H19N5S2/c1-19-10-17-21(16(19)22)11-20-8-4-5-12(9-20)15-18-13-6-2-3-7-14(13)23-15/h2-3,6-7,10,12H,4-5,8-9,11H2,1H3/t12-/m0/s1. The van der Waals surface area contributed by atoms with Crippen LogP contribution in [0.4, 0.5) is 0 Å². The maximum Gasteiger partial charge on any atom is 0.198 e. The minimum Gasteiger partial charge on any atom is -0.310 e. The lowest BCUT2D eigenvalue weighted by Gasteiger charge is -2.31. The van der Waals surface area contributed by atoms with Crippen LogP contribution < -0.4 is 0 Å². The molecule has 1 atom stereocenters. The van der Waals surface area contributed by atoms with Gasteiger partial charge in [-0.1, -0.05) is 12.1 Å². The van der Waals surface area contributed by atoms with Crippen molar-refractivity contribution in [3.63, 3.8) is 0 Å². The topological polar surface area (TPSA) is 38.9 Å². The highest BCUT2D eigenvalue weighted by molar-refractivity contribution is 7.71. The maximum absolute atomic E-state index is 5.39. The number of rotatable bonds is 3. The molecule has 0 aliphatic carbocycles. The van der Waals surface area contributed by atoms with Crippen molar-refractivity contribution in [1.82, 2.24) is 24.2 Å². The number of hydrogen-bond donors (Lipinski definition) is 0. The smallest absolute Gasteiger partial charge is 0.198 e. The van der Waals surface area contributed by atoms with Gasteiger partial charge in [0.2, 0.25) is 0 Å². The zero-order valence-electron chi connectivity index (χ0n) is 13.1. The van der Waals surface area contributed by atoms with E-state index in [1.807, 2.05) is 27.6 Å². The number of thiazole rings is 1. The van der Waals surface area contributed by atoms with E-state index in [4.69, 9.17) is 17.2 Å². The Kier molecular flexibility index (Phi) is 4.00. The van der Waals surface area contributed by atoms with Crippen LogP contribution in [0.2, 0.25) is 0 Å². The molecule has 7 heteroatoms. The van der Waals surface area contributed by atoms with E-state index < -0.39 is 0 Å². The first kappa shape index (κ1) is 15.0. The number of para-hydroxylation sites is 1. The average molecular weight is 345 g/mol. The molecular weight excluding hydrogens is 326 g/mol. The normalized spacial score (nSPS) is 19.4. The molecule has 0 unspecified atom stereocenters. The highest BCUT2D eigenvalue weighted by Gasteiger charge is 2.24. The van der Waals surface area contributed by atoms with E-state index in [9.17, 15) is 0 Å². The number of benzene rings is 1. The molecule has 0 radical (unpaired) electrons. The molecule has 0 bridgehead atoms. The maximum atomic E-state index is 5.39. The molecule has 0 saturated carbocycles. The molecule has 0 spiro atoms. The van der Waals surface area contributed by atoms with E-state index in [-0.39, 0.29) is 0 Å². The predicted octanol–water partition coefficient (Wildman–Crippen LogP) is 3.40. The number of aryl methyl sites for hydroxylation is 1. The van der Waals surface area contributed by atoms with Crippen molar-refractivity contribution in [2.75, 3.05) is 13.1 Å². The summed E-state index contributed by atoms with van der Waals surface area (Å²) in [6.45, 7) is 2.89. The number of likely N-dealkylation sites (tertiary alicyclic amines) is 1. The number of hydrogen-bond acceptors (Lipinski definition) is 5. The van der Waals surface area contributed by atoms with Gasteiger partial charge in [0.1, 0.15) is 6.33 Å². The molecule has 3 heterocycles. The molecule has 0 N–H and O–H groups in total. The lowest BCUT2D eigenvalue weighted by Crippen LogP contribution is -2.36. The summed E-state index contributed by atoms with van der Waals surface area (Å²) in [6.07, 6.45) is 4.18. The monoisotopic (exact) mass is 345 g/mol. The summed E-state index contributed by atoms with van der Waals surface area (Å²) in [5.74, 6) is 0.513. The van der Waals surface area contributed by atoms with Gasteiger partial charge in [0.05, 0.1) is 21.9 Å². The van der Waals surface area contributed by atoms with Gasteiger partial charge in [0.25, 0.3) is 0 Å². The number of nitrogens with zero attached hydrogens (tertiary/aromatic N) is 5. The SMILES string of the molecule is Cn1cnn(CN2CCC[C@H](c3nc4ccccc4s3)C2)c1=S. The third kappa shape index (κ3) is 2.96. The van der Waals surface area contributed by atoms with E-state index in [0.717, 1.165) is 30.0 Å². The third-order valence-electron chi connectivity index (χ3n) is 4.39. The van der Waals surface area contributed by atoms with Gasteiger partial charge >= 0.3 is 0 Å². The minimum atomic E-state index is 0.513. The van der Waals surface area contributed by atoms with Crippen molar-refractivity contribution in [1.29, 1.82) is 0 Å². The molecule has 120 valence electrons. The average Bonchev–Trinajstić information content (AvgIpc) is 3.14. The Morgan fingerprint density at radius 2 is 2.22 bits per heavy atom. The van der Waals surface area contributed by atoms with E-state index in [1.54, 1.807) is 6.33 Å². The lowest BCUT2D eigenvalue weighted by molar-refractivity contribution is 0.156. The van der Waals surface area contributed by atoms with Crippen molar-refractivity contribution >= 4 is 33.8 Å². The second kappa shape index (κ2) is 6.14. The Morgan fingerprint density at radius 3 is 3.00 bits per heavy atom. The Balaban J connectivity index is 1.52. The molecule has 1 aliphatic rings. The Labute approximate surface area is 144 Å². The van der Waals surface area contributed by atoms with Crippen molar-refractivity contribution < 1.29 is 0 Å². The number of piperidine rings is 1. The molecule has 1 saturated heterocycles. The van der Waals surface area contributed by atoms with E-state index in [1.165, 1.54) is 22.5 Å². The second-order valence-corrected chi connectivity index (χ2v) is 7.53. The molecular formula is C16H19N5S2. The van der Waals surface area contributed by atoms with Crippen LogP contribution in [0.25, 0.3) is 10.2 Å². The van der Waals surface area contributed by atoms with Gasteiger partial charge in [0, 0.05) is 19.5 Å². The number of fused-ring (bicyclic) bond motifs is 1. The highest BCUT2D eigenvalue weighted by atomic mass is 32.1. The Morgan fingerprint density at radius 1 is 1.35 bits per heavy atom. The van der Waals surface area contributed by atoms with Gasteiger partial charge in [-0.3, -0.25) is 4.90 Å². The molecule has 4 rings (SSSR count). The summed E-state index contributed by atoms with van der Waals surface area (Å²) < 4.78 is 5.83. The van der Waals surface area contributed by atoms with E-state index in [2.05, 4.69) is 34.3 Å². The Hall–Kier alpha value is -1.57. The van der Waals surface area contributed by atoms with Gasteiger partial charge in [-0.2, -0.15) is 5.10 Å². The summed E-state index contributed by atoms with van der Waals surface area (Å²) in [7, 11) is 1.94. The summed E-state index contributed by atoms with van der Waals surface area (Å²) in [5.41, 5.74) is 1.12. The van der Waals surface area contributed by atoms with Crippen LogP contribution in [0.1, 0.15) is 23.8 Å². The lowest BCUT2D eigenvalue weighted by atomic mass is 9.99. The zero-order valence-corrected chi connectivity index (χ0v) is 14.7. The zero-order chi connectivity index (χ0) is 15.8. The Bertz CT molecular complexity index is 845. The van der Waals surface area contributed by atoms with E-state index in [0.29, 0.717) is 5.92 Å². The molecule has 23 heavy (non-hydrogen) atoms. The summed E-state index contributed by atoms with van der Waals surface area (Å²) in [6, 6.07) is 8.40. The highest BCUT2D eigenvalue weighted by Crippen LogP contribution is 2.32. The first-order valence-electron chi connectivity index (χ1n) is 7.87. The molecule has 1 aliphatic heterocycles. The van der Waals surface area contributed by atoms with Gasteiger partial charge in [-0.15, -0.1) is 11.3 Å². The van der Waals surface area contributed by atoms with Crippen molar-refractivity contribution in [2.45, 2.75) is 25.4 Å². The molecule has 1 aromatic carbocycles. The van der Waals surface area contributed by atoms with Crippen molar-refractivity contribution in [3.05, 3.63) is 40.4 Å². The van der Waals surface area contributed by atoms with Gasteiger partial charge in [0.15, 0.2) is 4.77 Å². The quantitative estimate of drug-likeness (QED) is 0.682. The molecule has 2 aromatic heterocycles. The van der Waals surface area contributed by atoms with Gasteiger partial charge in [-0.05, 0) is 43.7 Å². The van der Waals surface area contributed by atoms with Crippen molar-refractivity contribution in [2.24, 2.45) is 7.05 Å². The summed E-state index contributed by atoms with van der Waals surface area (Å²) in [4.78, 5) is 7.28. The fourth-order valence-corrected chi connectivity index (χ4v) is 4.40. The van der Waals surface area contributed by atoms with Crippen molar-refractivity contribution in [3.8, 4) is 0 Å². The summed E-state index contributed by atoms with van der Waals surface area (Å²) in [5, 5.41) is 5.63. The van der Waals surface area contributed by atoms with Gasteiger partial charge in [-0.25, -0.2) is 9.67 Å². The predicted molar refractivity (Wildman–Crippen MR) is 95.2 cm³/mol. The van der Waals surface area contributed by atoms with Crippen LogP contribution in [0.3, 0.4) is 0 Å². The fourth-order valence-electron chi connectivity index (χ4n) is 3.16. The third-order valence-corrected chi connectivity index (χ3v) is 6.08. The fraction of sp³-hybridized carbons (Fsp3) is 0.438. The van der Waals surface area contributed by atoms with Crippen LogP contribution in [-0.2, 0) is 13.7 Å². The van der Waals surface area contributed by atoms with Crippen LogP contribution in [0.5, 0.6) is 0 Å². The molecule has 1 fully saturated rings. The van der Waals surface area contributed by atoms with Crippen LogP contribution in [0, 0.1) is 4.77 Å². The second-order valence-electron chi connectivity index (χ2n) is 6.10. The first-order valence-corrected chi connectivity index (χ1v) is 9.09. The minimum absolute atomic E-state index is 0.513. The van der Waals surface area contributed by atoms with Crippen LogP contribution in [0.15, 0.2) is 30.6 Å². The molecule has 0 amide bonds. The van der Waals surface area contributed by atoms with Crippen LogP contribution in [-0.4, -0.2) is 37.3 Å². The van der Waals surface area contributed by atoms with E-state index >= 15 is 0 Å². The number of aromatic nitrogens is 4. The largest absolute Gasteiger partial charge is 0.310 e. The summed E-state index contributed by atoms with van der Waals surface area (Å²) >= 11 is 7.22. The van der Waals surface area contributed by atoms with Crippen LogP contribution >= 0.6 is 23.6 Å². The molecule has 5 nitrogen and oxygen atoms in total. The van der Waals surface area contributed by atoms with Gasteiger partial charge < -0.3 is 4.57 Å². The first-order chi connectivity index (χ1) is 11.2.